The Balaban J connectivity index is 2.79. The summed E-state index contributed by atoms with van der Waals surface area (Å²) in [4.78, 5) is 11.5. The molecular weight excluding hydrogens is 236 g/mol. The van der Waals surface area contributed by atoms with Gasteiger partial charge in [-0.05, 0) is 25.0 Å². The fraction of sp³-hybridized carbons (Fsp3) is 0.364. The zero-order valence-electron chi connectivity index (χ0n) is 8.82. The van der Waals surface area contributed by atoms with Crippen molar-refractivity contribution in [3.63, 3.8) is 0 Å². The first-order valence-electron chi connectivity index (χ1n) is 4.86. The molecule has 88 valence electrons. The number of carbonyl (C=O) groups excluding carboxylic acids is 1. The first-order chi connectivity index (χ1) is 7.56. The van der Waals surface area contributed by atoms with Gasteiger partial charge in [0, 0.05) is 18.5 Å². The molecule has 0 atom stereocenters. The van der Waals surface area contributed by atoms with Crippen LogP contribution in [0.5, 0.6) is 0 Å². The van der Waals surface area contributed by atoms with Gasteiger partial charge in [0.2, 0.25) is 0 Å². The molecule has 0 heterocycles. The number of alkyl halides is 1. The van der Waals surface area contributed by atoms with Crippen LogP contribution in [0.4, 0.5) is 8.78 Å². The van der Waals surface area contributed by atoms with Gasteiger partial charge in [-0.2, -0.15) is 0 Å². The average molecular weight is 248 g/mol. The third-order valence-corrected chi connectivity index (χ3v) is 2.36. The fourth-order valence-electron chi connectivity index (χ4n) is 1.20. The number of benzene rings is 1. The second-order valence-electron chi connectivity index (χ2n) is 3.38. The fourth-order valence-corrected chi connectivity index (χ4v) is 1.33. The van der Waals surface area contributed by atoms with E-state index in [4.69, 9.17) is 11.6 Å². The van der Waals surface area contributed by atoms with Gasteiger partial charge in [-0.3, -0.25) is 4.79 Å². The van der Waals surface area contributed by atoms with Crippen molar-refractivity contribution in [1.29, 1.82) is 0 Å². The predicted octanol–water partition coefficient (Wildman–Crippen LogP) is 2.63. The van der Waals surface area contributed by atoms with E-state index >= 15 is 0 Å². The van der Waals surface area contributed by atoms with Crippen molar-refractivity contribution in [2.24, 2.45) is 0 Å². The lowest BCUT2D eigenvalue weighted by atomic mass is 10.1. The van der Waals surface area contributed by atoms with E-state index in [-0.39, 0.29) is 11.1 Å². The molecule has 1 N–H and O–H groups in total. The second kappa shape index (κ2) is 5.80. The average Bonchev–Trinajstić information content (AvgIpc) is 2.23. The Morgan fingerprint density at radius 1 is 1.38 bits per heavy atom. The number of carbonyl (C=O) groups is 1. The zero-order chi connectivity index (χ0) is 12.1. The molecule has 1 aromatic rings. The van der Waals surface area contributed by atoms with E-state index in [9.17, 15) is 13.6 Å². The number of hydrogen-bond acceptors (Lipinski definition) is 1. The van der Waals surface area contributed by atoms with Crippen LogP contribution in [0.15, 0.2) is 12.1 Å². The van der Waals surface area contributed by atoms with Crippen LogP contribution >= 0.6 is 11.6 Å². The Morgan fingerprint density at radius 3 is 2.69 bits per heavy atom. The minimum atomic E-state index is -0.855. The highest BCUT2D eigenvalue weighted by Crippen LogP contribution is 2.13. The largest absolute Gasteiger partial charge is 0.352 e. The maximum absolute atomic E-state index is 13.3. The summed E-state index contributed by atoms with van der Waals surface area (Å²) in [6.45, 7) is 1.85. The third kappa shape index (κ3) is 3.17. The molecule has 5 heteroatoms. The van der Waals surface area contributed by atoms with Crippen molar-refractivity contribution in [1.82, 2.24) is 5.32 Å². The van der Waals surface area contributed by atoms with Gasteiger partial charge in [0.25, 0.3) is 5.91 Å². The molecule has 0 unspecified atom stereocenters. The molecule has 0 aliphatic carbocycles. The van der Waals surface area contributed by atoms with Crippen LogP contribution in [-0.4, -0.2) is 18.3 Å². The van der Waals surface area contributed by atoms with Crippen LogP contribution < -0.4 is 5.32 Å². The van der Waals surface area contributed by atoms with E-state index in [1.807, 2.05) is 0 Å². The van der Waals surface area contributed by atoms with E-state index in [0.29, 0.717) is 24.9 Å². The Bertz CT molecular complexity index is 396. The van der Waals surface area contributed by atoms with E-state index in [2.05, 4.69) is 5.32 Å². The number of aryl methyl sites for hydroxylation is 1. The number of halogens is 3. The Labute approximate surface area is 97.6 Å². The smallest absolute Gasteiger partial charge is 0.254 e. The van der Waals surface area contributed by atoms with E-state index in [0.717, 1.165) is 0 Å². The lowest BCUT2D eigenvalue weighted by Crippen LogP contribution is -2.25. The summed E-state index contributed by atoms with van der Waals surface area (Å²) in [6.07, 6.45) is 0.606. The summed E-state index contributed by atoms with van der Waals surface area (Å²) in [5.41, 5.74) is 0.0948. The Hall–Kier alpha value is -1.16. The lowest BCUT2D eigenvalue weighted by molar-refractivity contribution is 0.0949. The molecule has 0 aliphatic rings. The molecule has 0 aliphatic heterocycles. The molecule has 0 fully saturated rings. The summed E-state index contributed by atoms with van der Waals surface area (Å²) in [5, 5.41) is 2.50. The Kier molecular flexibility index (Phi) is 4.68. The van der Waals surface area contributed by atoms with E-state index in [1.54, 1.807) is 0 Å². The Morgan fingerprint density at radius 2 is 2.06 bits per heavy atom. The van der Waals surface area contributed by atoms with Crippen molar-refractivity contribution >= 4 is 17.5 Å². The van der Waals surface area contributed by atoms with Crippen LogP contribution in [0.2, 0.25) is 0 Å². The van der Waals surface area contributed by atoms with Gasteiger partial charge < -0.3 is 5.32 Å². The summed E-state index contributed by atoms with van der Waals surface area (Å²) in [6, 6.07) is 1.91. The highest BCUT2D eigenvalue weighted by Gasteiger charge is 2.13. The van der Waals surface area contributed by atoms with Crippen LogP contribution in [0.25, 0.3) is 0 Å². The zero-order valence-corrected chi connectivity index (χ0v) is 9.57. The second-order valence-corrected chi connectivity index (χ2v) is 3.76. The van der Waals surface area contributed by atoms with Gasteiger partial charge in [-0.1, -0.05) is 0 Å². The normalized spacial score (nSPS) is 10.2. The number of amides is 1. The van der Waals surface area contributed by atoms with E-state index < -0.39 is 17.5 Å². The van der Waals surface area contributed by atoms with Gasteiger partial charge >= 0.3 is 0 Å². The lowest BCUT2D eigenvalue weighted by Gasteiger charge is -2.06. The van der Waals surface area contributed by atoms with Crippen LogP contribution in [-0.2, 0) is 0 Å². The number of hydrogen-bond donors (Lipinski definition) is 1. The van der Waals surface area contributed by atoms with Gasteiger partial charge in [0.1, 0.15) is 11.6 Å². The molecule has 0 saturated heterocycles. The van der Waals surface area contributed by atoms with Crippen LogP contribution in [0.1, 0.15) is 22.3 Å². The molecule has 16 heavy (non-hydrogen) atoms. The summed E-state index contributed by atoms with van der Waals surface area (Å²) < 4.78 is 26.2. The first kappa shape index (κ1) is 12.9. The highest BCUT2D eigenvalue weighted by molar-refractivity contribution is 6.17. The summed E-state index contributed by atoms with van der Waals surface area (Å²) >= 11 is 5.43. The molecule has 0 saturated carbocycles. The minimum absolute atomic E-state index is 0.145. The van der Waals surface area contributed by atoms with Crippen molar-refractivity contribution < 1.29 is 13.6 Å². The van der Waals surface area contributed by atoms with Gasteiger partial charge in [0.15, 0.2) is 0 Å². The molecule has 0 spiro atoms. The topological polar surface area (TPSA) is 29.1 Å². The molecule has 0 bridgehead atoms. The molecule has 1 rings (SSSR count). The quantitative estimate of drug-likeness (QED) is 0.643. The highest BCUT2D eigenvalue weighted by atomic mass is 35.5. The third-order valence-electron chi connectivity index (χ3n) is 2.09. The number of nitrogens with one attached hydrogen (secondary N) is 1. The molecule has 2 nitrogen and oxygen atoms in total. The maximum atomic E-state index is 13.3. The van der Waals surface area contributed by atoms with Gasteiger partial charge in [-0.15, -0.1) is 11.6 Å². The van der Waals surface area contributed by atoms with Crippen molar-refractivity contribution in [3.05, 3.63) is 34.9 Å². The van der Waals surface area contributed by atoms with Crippen molar-refractivity contribution in [2.45, 2.75) is 13.3 Å². The van der Waals surface area contributed by atoms with Crippen LogP contribution in [0, 0.1) is 18.6 Å². The maximum Gasteiger partial charge on any atom is 0.254 e. The first-order valence-corrected chi connectivity index (χ1v) is 5.39. The molecule has 0 aromatic heterocycles. The molecule has 1 aromatic carbocycles. The number of rotatable bonds is 4. The summed E-state index contributed by atoms with van der Waals surface area (Å²) in [5.74, 6) is -1.64. The molecule has 0 radical (unpaired) electrons. The molecule has 1 amide bonds. The van der Waals surface area contributed by atoms with Crippen LogP contribution in [0.3, 0.4) is 0 Å². The van der Waals surface area contributed by atoms with Crippen molar-refractivity contribution in [2.75, 3.05) is 12.4 Å². The monoisotopic (exact) mass is 247 g/mol. The van der Waals surface area contributed by atoms with E-state index in [1.165, 1.54) is 13.0 Å². The summed E-state index contributed by atoms with van der Waals surface area (Å²) in [7, 11) is 0. The minimum Gasteiger partial charge on any atom is -0.352 e. The van der Waals surface area contributed by atoms with Gasteiger partial charge in [-0.25, -0.2) is 8.78 Å². The van der Waals surface area contributed by atoms with Gasteiger partial charge in [0.05, 0.1) is 5.56 Å². The SMILES string of the molecule is Cc1cc(C(=O)NCCCCl)c(F)cc1F. The standard InChI is InChI=1S/C11H12ClF2NO/c1-7-5-8(10(14)6-9(7)13)11(16)15-4-2-3-12/h5-6H,2-4H2,1H3,(H,15,16). The predicted molar refractivity (Wildman–Crippen MR) is 58.8 cm³/mol. The van der Waals surface area contributed by atoms with Crippen molar-refractivity contribution in [3.8, 4) is 0 Å². The molecular formula is C11H12ClF2NO.